The molecule has 15 heavy (non-hydrogen) atoms. The predicted molar refractivity (Wildman–Crippen MR) is 65.3 cm³/mol. The van der Waals surface area contributed by atoms with Crippen LogP contribution in [0.2, 0.25) is 5.25 Å². The van der Waals surface area contributed by atoms with Gasteiger partial charge in [-0.15, -0.1) is 0 Å². The summed E-state index contributed by atoms with van der Waals surface area (Å²) in [4.78, 5) is 0. The van der Waals surface area contributed by atoms with Gasteiger partial charge in [0.2, 0.25) is 0 Å². The van der Waals surface area contributed by atoms with Gasteiger partial charge in [-0.1, -0.05) is 0 Å². The van der Waals surface area contributed by atoms with Crippen LogP contribution in [-0.4, -0.2) is 16.5 Å². The van der Waals surface area contributed by atoms with E-state index in [1.807, 2.05) is 0 Å². The van der Waals surface area contributed by atoms with E-state index in [1.54, 1.807) is 0 Å². The second-order valence-electron chi connectivity index (χ2n) is 3.58. The molecule has 2 rings (SSSR count). The van der Waals surface area contributed by atoms with Crippen molar-refractivity contribution in [1.29, 1.82) is 0 Å². The number of rotatable bonds is 3. The predicted octanol–water partition coefficient (Wildman–Crippen LogP) is 3.41. The van der Waals surface area contributed by atoms with E-state index in [-0.39, 0.29) is 0 Å². The van der Waals surface area contributed by atoms with Gasteiger partial charge in [-0.25, -0.2) is 0 Å². The average molecular weight is 254 g/mol. The zero-order chi connectivity index (χ0) is 10.5. The van der Waals surface area contributed by atoms with Gasteiger partial charge in [0.1, 0.15) is 0 Å². The van der Waals surface area contributed by atoms with E-state index in [4.69, 9.17) is 0 Å². The van der Waals surface area contributed by atoms with Crippen LogP contribution in [0.5, 0.6) is 0 Å². The van der Waals surface area contributed by atoms with Crippen LogP contribution in [0.1, 0.15) is 17.0 Å². The SMILES string of the molecule is [Ge][CH2]C(c1ccccc1)c1ccccc1. The van der Waals surface area contributed by atoms with Gasteiger partial charge in [-0.2, -0.15) is 0 Å². The summed E-state index contributed by atoms with van der Waals surface area (Å²) in [6, 6.07) is 21.4. The summed E-state index contributed by atoms with van der Waals surface area (Å²) in [6.45, 7) is 0. The summed E-state index contributed by atoms with van der Waals surface area (Å²) < 4.78 is 0. The van der Waals surface area contributed by atoms with Crippen molar-refractivity contribution >= 4 is 16.5 Å². The minimum absolute atomic E-state index is 0.535. The molecule has 0 fully saturated rings. The van der Waals surface area contributed by atoms with E-state index in [0.717, 1.165) is 5.25 Å². The molecular formula is C14H13Ge. The quantitative estimate of drug-likeness (QED) is 0.736. The monoisotopic (exact) mass is 255 g/mol. The zero-order valence-corrected chi connectivity index (χ0v) is 10.7. The Morgan fingerprint density at radius 3 is 1.47 bits per heavy atom. The van der Waals surface area contributed by atoms with E-state index in [2.05, 4.69) is 77.2 Å². The third-order valence-corrected chi connectivity index (χ3v) is 3.46. The molecule has 1 heteroatoms. The second kappa shape index (κ2) is 5.17. The van der Waals surface area contributed by atoms with Gasteiger partial charge in [0.15, 0.2) is 0 Å². The van der Waals surface area contributed by atoms with Crippen LogP contribution in [0, 0.1) is 0 Å². The van der Waals surface area contributed by atoms with E-state index < -0.39 is 0 Å². The van der Waals surface area contributed by atoms with E-state index >= 15 is 0 Å². The summed E-state index contributed by atoms with van der Waals surface area (Å²) in [7, 11) is 0. The number of hydrogen-bond acceptors (Lipinski definition) is 0. The van der Waals surface area contributed by atoms with E-state index in [9.17, 15) is 0 Å². The van der Waals surface area contributed by atoms with Crippen LogP contribution in [0.4, 0.5) is 0 Å². The molecule has 73 valence electrons. The third-order valence-electron chi connectivity index (χ3n) is 2.61. The standard InChI is InChI=1S/C14H13Ge/c15-11-14(12-7-3-1-4-8-12)13-9-5-2-6-10-13/h1-10,14H,11H2. The van der Waals surface area contributed by atoms with Crippen LogP contribution in [0.25, 0.3) is 0 Å². The molecule has 2 aromatic carbocycles. The molecule has 0 unspecified atom stereocenters. The molecule has 0 saturated heterocycles. The Balaban J connectivity index is 2.34. The molecule has 0 saturated carbocycles. The molecule has 0 aromatic heterocycles. The third kappa shape index (κ3) is 2.51. The maximum absolute atomic E-state index is 2.24. The Kier molecular flexibility index (Phi) is 3.62. The van der Waals surface area contributed by atoms with Gasteiger partial charge >= 0.3 is 99.5 Å². The Bertz CT molecular complexity index is 355. The van der Waals surface area contributed by atoms with Crippen molar-refractivity contribution in [1.82, 2.24) is 0 Å². The van der Waals surface area contributed by atoms with Crippen molar-refractivity contribution in [2.75, 3.05) is 0 Å². The van der Waals surface area contributed by atoms with Crippen molar-refractivity contribution in [3.05, 3.63) is 71.8 Å². The Morgan fingerprint density at radius 2 is 1.13 bits per heavy atom. The molecule has 0 aliphatic carbocycles. The Morgan fingerprint density at radius 1 is 0.733 bits per heavy atom. The summed E-state index contributed by atoms with van der Waals surface area (Å²) in [5.41, 5.74) is 2.82. The van der Waals surface area contributed by atoms with Gasteiger partial charge in [-0.3, -0.25) is 0 Å². The van der Waals surface area contributed by atoms with Gasteiger partial charge in [0.05, 0.1) is 0 Å². The molecule has 0 aliphatic heterocycles. The first kappa shape index (κ1) is 10.5. The molecule has 0 spiro atoms. The van der Waals surface area contributed by atoms with Crippen molar-refractivity contribution in [2.24, 2.45) is 0 Å². The topological polar surface area (TPSA) is 0 Å². The fourth-order valence-corrected chi connectivity index (χ4v) is 2.79. The van der Waals surface area contributed by atoms with Crippen LogP contribution in [0.15, 0.2) is 60.7 Å². The van der Waals surface area contributed by atoms with Crippen molar-refractivity contribution in [3.8, 4) is 0 Å². The number of hydrogen-bond donors (Lipinski definition) is 0. The molecule has 0 amide bonds. The first-order chi connectivity index (χ1) is 7.42. The fraction of sp³-hybridized carbons (Fsp3) is 0.143. The summed E-state index contributed by atoms with van der Waals surface area (Å²) in [5, 5.41) is 1.15. The summed E-state index contributed by atoms with van der Waals surface area (Å²) in [6.07, 6.45) is 0. The molecule has 0 heterocycles. The summed E-state index contributed by atoms with van der Waals surface area (Å²) >= 11 is 2.24. The van der Waals surface area contributed by atoms with Gasteiger partial charge < -0.3 is 0 Å². The first-order valence-electron chi connectivity index (χ1n) is 5.16. The van der Waals surface area contributed by atoms with Gasteiger partial charge in [0, 0.05) is 0 Å². The molecule has 3 radical (unpaired) electrons. The van der Waals surface area contributed by atoms with Gasteiger partial charge in [0.25, 0.3) is 0 Å². The zero-order valence-electron chi connectivity index (χ0n) is 8.56. The molecule has 0 atom stereocenters. The summed E-state index contributed by atoms with van der Waals surface area (Å²) in [5.74, 6) is 0.535. The molecule has 0 N–H and O–H groups in total. The Labute approximate surface area is 99.6 Å². The Hall–Kier alpha value is -1.02. The normalized spacial score (nSPS) is 10.5. The van der Waals surface area contributed by atoms with Crippen LogP contribution >= 0.6 is 0 Å². The second-order valence-corrected chi connectivity index (χ2v) is 4.43. The van der Waals surface area contributed by atoms with Crippen LogP contribution in [0.3, 0.4) is 0 Å². The van der Waals surface area contributed by atoms with E-state index in [1.165, 1.54) is 11.1 Å². The van der Waals surface area contributed by atoms with Crippen molar-refractivity contribution in [3.63, 3.8) is 0 Å². The van der Waals surface area contributed by atoms with Crippen LogP contribution < -0.4 is 0 Å². The maximum atomic E-state index is 2.24. The number of benzene rings is 2. The minimum atomic E-state index is 0.535. The molecule has 0 aliphatic rings. The van der Waals surface area contributed by atoms with Crippen LogP contribution in [-0.2, 0) is 0 Å². The molecular weight excluding hydrogens is 241 g/mol. The van der Waals surface area contributed by atoms with Crippen molar-refractivity contribution in [2.45, 2.75) is 11.2 Å². The van der Waals surface area contributed by atoms with Crippen molar-refractivity contribution < 1.29 is 0 Å². The molecule has 0 nitrogen and oxygen atoms in total. The van der Waals surface area contributed by atoms with E-state index in [0.29, 0.717) is 5.92 Å². The fourth-order valence-electron chi connectivity index (χ4n) is 1.80. The molecule has 0 bridgehead atoms. The van der Waals surface area contributed by atoms with Gasteiger partial charge in [-0.05, 0) is 0 Å². The average Bonchev–Trinajstić information content (AvgIpc) is 2.33. The molecule has 2 aromatic rings. The first-order valence-corrected chi connectivity index (χ1v) is 6.64.